The summed E-state index contributed by atoms with van der Waals surface area (Å²) >= 11 is 3.42. The third kappa shape index (κ3) is 2.74. The first-order chi connectivity index (χ1) is 12.4. The fourth-order valence-corrected chi connectivity index (χ4v) is 3.33. The molecule has 0 atom stereocenters. The molecule has 0 radical (unpaired) electrons. The van der Waals surface area contributed by atoms with Crippen LogP contribution >= 0.6 is 15.9 Å². The zero-order valence-corrected chi connectivity index (χ0v) is 15.6. The number of ether oxygens (including phenoxy) is 2. The summed E-state index contributed by atoms with van der Waals surface area (Å²) in [5.74, 6) is 0.765. The molecule has 0 spiro atoms. The van der Waals surface area contributed by atoms with E-state index in [-0.39, 0.29) is 16.5 Å². The quantitative estimate of drug-likeness (QED) is 0.665. The lowest BCUT2D eigenvalue weighted by atomic mass is 10.1. The molecule has 1 amide bonds. The fraction of sp³-hybridized carbons (Fsp3) is 0.235. The van der Waals surface area contributed by atoms with Gasteiger partial charge in [0.2, 0.25) is 0 Å². The van der Waals surface area contributed by atoms with Crippen LogP contribution in [0.2, 0.25) is 0 Å². The van der Waals surface area contributed by atoms with E-state index >= 15 is 0 Å². The summed E-state index contributed by atoms with van der Waals surface area (Å²) < 4.78 is 13.2. The number of aryl methyl sites for hydroxylation is 2. The molecule has 1 aromatic carbocycles. The van der Waals surface area contributed by atoms with Gasteiger partial charge < -0.3 is 14.8 Å². The highest BCUT2D eigenvalue weighted by Crippen LogP contribution is 2.38. The lowest BCUT2D eigenvalue weighted by Gasteiger charge is -2.20. The standard InChI is InChI=1S/C17H15BrN4O4/c1-8-5-9(14-15(19-8)22(2)21-17(14)24)16(23)20-11-7-13-12(6-10(11)18)25-3-4-26-13/h5-7H,3-4H2,1-2H3,(H,20,23)(H,21,24). The predicted octanol–water partition coefficient (Wildman–Crippen LogP) is 2.36. The largest absolute Gasteiger partial charge is 0.486 e. The van der Waals surface area contributed by atoms with Gasteiger partial charge in [-0.25, -0.2) is 4.98 Å². The first-order valence-electron chi connectivity index (χ1n) is 7.91. The highest BCUT2D eigenvalue weighted by molar-refractivity contribution is 9.10. The molecular weight excluding hydrogens is 404 g/mol. The Morgan fingerprint density at radius 1 is 1.27 bits per heavy atom. The molecule has 9 heteroatoms. The molecule has 1 aliphatic rings. The van der Waals surface area contributed by atoms with Crippen molar-refractivity contribution in [2.75, 3.05) is 18.5 Å². The van der Waals surface area contributed by atoms with Crippen LogP contribution in [0.3, 0.4) is 0 Å². The Labute approximate surface area is 156 Å². The molecule has 26 heavy (non-hydrogen) atoms. The Bertz CT molecular complexity index is 1100. The van der Waals surface area contributed by atoms with Crippen molar-refractivity contribution in [2.24, 2.45) is 7.05 Å². The molecule has 4 rings (SSSR count). The van der Waals surface area contributed by atoms with Crippen LogP contribution in [0.4, 0.5) is 5.69 Å². The average molecular weight is 419 g/mol. The van der Waals surface area contributed by atoms with Crippen LogP contribution in [0.25, 0.3) is 11.0 Å². The number of pyridine rings is 1. The van der Waals surface area contributed by atoms with Gasteiger partial charge in [0.1, 0.15) is 13.2 Å². The number of nitrogens with one attached hydrogen (secondary N) is 2. The van der Waals surface area contributed by atoms with Crippen molar-refractivity contribution in [1.29, 1.82) is 0 Å². The summed E-state index contributed by atoms with van der Waals surface area (Å²) in [4.78, 5) is 29.4. The minimum atomic E-state index is -0.408. The van der Waals surface area contributed by atoms with Gasteiger partial charge in [0.05, 0.1) is 16.6 Å². The van der Waals surface area contributed by atoms with Crippen LogP contribution in [0.5, 0.6) is 11.5 Å². The minimum Gasteiger partial charge on any atom is -0.486 e. The van der Waals surface area contributed by atoms with Crippen LogP contribution in [0.1, 0.15) is 16.1 Å². The molecule has 0 aliphatic carbocycles. The number of aromatic amines is 1. The molecule has 134 valence electrons. The highest BCUT2D eigenvalue weighted by atomic mass is 79.9. The van der Waals surface area contributed by atoms with Gasteiger partial charge in [-0.15, -0.1) is 0 Å². The number of H-pyrrole nitrogens is 1. The van der Waals surface area contributed by atoms with Crippen LogP contribution < -0.4 is 20.3 Å². The van der Waals surface area contributed by atoms with Crippen molar-refractivity contribution in [3.63, 3.8) is 0 Å². The SMILES string of the molecule is Cc1cc(C(=O)Nc2cc3c(cc2Br)OCCO3)c2c(=O)[nH]n(C)c2n1. The van der Waals surface area contributed by atoms with E-state index in [0.717, 1.165) is 0 Å². The van der Waals surface area contributed by atoms with Gasteiger partial charge in [-0.2, -0.15) is 0 Å². The summed E-state index contributed by atoms with van der Waals surface area (Å²) in [5, 5.41) is 5.70. The van der Waals surface area contributed by atoms with Gasteiger partial charge in [0.15, 0.2) is 17.1 Å². The maximum atomic E-state index is 12.9. The summed E-state index contributed by atoms with van der Waals surface area (Å²) in [6.07, 6.45) is 0. The lowest BCUT2D eigenvalue weighted by Crippen LogP contribution is -2.18. The van der Waals surface area contributed by atoms with Crippen molar-refractivity contribution in [3.05, 3.63) is 44.3 Å². The average Bonchev–Trinajstić information content (AvgIpc) is 2.88. The van der Waals surface area contributed by atoms with Gasteiger partial charge in [0, 0.05) is 29.3 Å². The number of carbonyl (C=O) groups excluding carboxylic acids is 1. The first kappa shape index (κ1) is 16.6. The number of hydrogen-bond acceptors (Lipinski definition) is 5. The second kappa shape index (κ2) is 6.17. The molecule has 0 saturated carbocycles. The molecule has 3 aromatic rings. The smallest absolute Gasteiger partial charge is 0.274 e. The second-order valence-corrected chi connectivity index (χ2v) is 6.79. The van der Waals surface area contributed by atoms with E-state index in [1.165, 1.54) is 4.68 Å². The minimum absolute atomic E-state index is 0.254. The zero-order chi connectivity index (χ0) is 18.4. The van der Waals surface area contributed by atoms with Crippen molar-refractivity contribution >= 4 is 38.6 Å². The molecule has 0 saturated heterocycles. The number of carbonyl (C=O) groups is 1. The molecule has 0 unspecified atom stereocenters. The van der Waals surface area contributed by atoms with Crippen LogP contribution in [0, 0.1) is 6.92 Å². The van der Waals surface area contributed by atoms with Crippen LogP contribution in [0.15, 0.2) is 27.5 Å². The van der Waals surface area contributed by atoms with Crippen molar-refractivity contribution < 1.29 is 14.3 Å². The maximum Gasteiger partial charge on any atom is 0.274 e. The predicted molar refractivity (Wildman–Crippen MR) is 99.2 cm³/mol. The Hall–Kier alpha value is -2.81. The van der Waals surface area contributed by atoms with Crippen molar-refractivity contribution in [1.82, 2.24) is 14.8 Å². The van der Waals surface area contributed by atoms with E-state index in [1.54, 1.807) is 32.2 Å². The van der Waals surface area contributed by atoms with Gasteiger partial charge in [-0.05, 0) is 28.9 Å². The molecule has 3 heterocycles. The summed E-state index contributed by atoms with van der Waals surface area (Å²) in [6, 6.07) is 5.03. The summed E-state index contributed by atoms with van der Waals surface area (Å²) in [6.45, 7) is 2.70. The fourth-order valence-electron chi connectivity index (χ4n) is 2.91. The molecule has 8 nitrogen and oxygen atoms in total. The van der Waals surface area contributed by atoms with E-state index < -0.39 is 5.91 Å². The topological polar surface area (TPSA) is 98.2 Å². The molecule has 2 N–H and O–H groups in total. The van der Waals surface area contributed by atoms with E-state index in [2.05, 4.69) is 31.3 Å². The second-order valence-electron chi connectivity index (χ2n) is 5.94. The van der Waals surface area contributed by atoms with Crippen molar-refractivity contribution in [3.8, 4) is 11.5 Å². The number of benzene rings is 1. The Kier molecular flexibility index (Phi) is 3.95. The molecular formula is C17H15BrN4O4. The van der Waals surface area contributed by atoms with E-state index in [0.29, 0.717) is 46.2 Å². The van der Waals surface area contributed by atoms with Crippen LogP contribution in [-0.4, -0.2) is 33.9 Å². The third-order valence-corrected chi connectivity index (χ3v) is 4.72. The monoisotopic (exact) mass is 418 g/mol. The molecule has 2 aromatic heterocycles. The van der Waals surface area contributed by atoms with Gasteiger partial charge in [-0.1, -0.05) is 0 Å². The number of aromatic nitrogens is 3. The number of nitrogens with zero attached hydrogens (tertiary/aromatic N) is 2. The number of rotatable bonds is 2. The number of amides is 1. The number of halogens is 1. The summed E-state index contributed by atoms with van der Waals surface area (Å²) in [5.41, 5.74) is 1.49. The molecule has 0 fully saturated rings. The van der Waals surface area contributed by atoms with Crippen molar-refractivity contribution in [2.45, 2.75) is 6.92 Å². The molecule has 1 aliphatic heterocycles. The Balaban J connectivity index is 1.76. The van der Waals surface area contributed by atoms with Gasteiger partial charge in [0.25, 0.3) is 11.5 Å². The third-order valence-electron chi connectivity index (χ3n) is 4.07. The summed E-state index contributed by atoms with van der Waals surface area (Å²) in [7, 11) is 1.68. The Morgan fingerprint density at radius 3 is 2.69 bits per heavy atom. The number of anilines is 1. The first-order valence-corrected chi connectivity index (χ1v) is 8.70. The lowest BCUT2D eigenvalue weighted by molar-refractivity contribution is 0.102. The van der Waals surface area contributed by atoms with Gasteiger partial charge >= 0.3 is 0 Å². The van der Waals surface area contributed by atoms with E-state index in [1.807, 2.05) is 0 Å². The van der Waals surface area contributed by atoms with E-state index in [4.69, 9.17) is 9.47 Å². The maximum absolute atomic E-state index is 12.9. The zero-order valence-electron chi connectivity index (χ0n) is 14.1. The number of fused-ring (bicyclic) bond motifs is 2. The van der Waals surface area contributed by atoms with E-state index in [9.17, 15) is 9.59 Å². The van der Waals surface area contributed by atoms with Crippen LogP contribution in [-0.2, 0) is 7.05 Å². The normalized spacial score (nSPS) is 13.0. The molecule has 0 bridgehead atoms. The highest BCUT2D eigenvalue weighted by Gasteiger charge is 2.20. The Morgan fingerprint density at radius 2 is 1.96 bits per heavy atom. The number of hydrogen-bond donors (Lipinski definition) is 2. The van der Waals surface area contributed by atoms with Gasteiger partial charge in [-0.3, -0.25) is 19.4 Å².